The van der Waals surface area contributed by atoms with Gasteiger partial charge in [0.15, 0.2) is 0 Å². The van der Waals surface area contributed by atoms with Gasteiger partial charge in [0.05, 0.1) is 23.8 Å². The van der Waals surface area contributed by atoms with Crippen molar-refractivity contribution < 1.29 is 19.1 Å². The van der Waals surface area contributed by atoms with Gasteiger partial charge in [0.25, 0.3) is 5.91 Å². The number of thiocarbonyl (C=S) groups is 1. The van der Waals surface area contributed by atoms with Crippen LogP contribution in [0.15, 0.2) is 58.1 Å². The first kappa shape index (κ1) is 20.3. The average Bonchev–Trinajstić information content (AvgIpc) is 3.29. The van der Waals surface area contributed by atoms with Crippen molar-refractivity contribution >= 4 is 46.2 Å². The molecule has 1 aromatic heterocycles. The number of carbonyl (C=O) groups excluding carboxylic acids is 2. The van der Waals surface area contributed by atoms with Crippen LogP contribution in [0.4, 0.5) is 0 Å². The van der Waals surface area contributed by atoms with E-state index in [1.807, 2.05) is 30.3 Å². The highest BCUT2D eigenvalue weighted by atomic mass is 32.2. The fourth-order valence-corrected chi connectivity index (χ4v) is 4.21. The highest BCUT2D eigenvalue weighted by Crippen LogP contribution is 2.34. The number of aliphatic hydroxyl groups excluding tert-OH is 1. The van der Waals surface area contributed by atoms with Crippen molar-refractivity contribution in [3.8, 4) is 0 Å². The number of amides is 2. The topological polar surface area (TPSA) is 82.8 Å². The van der Waals surface area contributed by atoms with Crippen molar-refractivity contribution in [2.75, 3.05) is 6.61 Å². The zero-order valence-corrected chi connectivity index (χ0v) is 16.8. The van der Waals surface area contributed by atoms with Gasteiger partial charge in [0, 0.05) is 6.08 Å². The molecule has 1 saturated heterocycles. The van der Waals surface area contributed by atoms with E-state index in [0.29, 0.717) is 21.4 Å². The summed E-state index contributed by atoms with van der Waals surface area (Å²) in [4.78, 5) is 27.1. The van der Waals surface area contributed by atoms with E-state index in [1.165, 1.54) is 11.2 Å². The van der Waals surface area contributed by atoms with Crippen LogP contribution >= 0.6 is 24.0 Å². The van der Waals surface area contributed by atoms with Crippen molar-refractivity contribution in [1.82, 2.24) is 10.2 Å². The van der Waals surface area contributed by atoms with Crippen LogP contribution in [-0.4, -0.2) is 44.8 Å². The summed E-state index contributed by atoms with van der Waals surface area (Å²) in [5.74, 6) is -0.163. The average molecular weight is 417 g/mol. The smallest absolute Gasteiger partial charge is 0.267 e. The maximum absolute atomic E-state index is 12.7. The number of carbonyl (C=O) groups is 2. The SMILES string of the molecule is C[C@@H](C(=O)N[C@H](CO)Cc1ccccc1)N1C(=O)/C(=C/c2ccco2)SC1=S. The Morgan fingerprint density at radius 2 is 2.07 bits per heavy atom. The number of hydrogen-bond acceptors (Lipinski definition) is 6. The largest absolute Gasteiger partial charge is 0.465 e. The van der Waals surface area contributed by atoms with Gasteiger partial charge in [-0.3, -0.25) is 14.5 Å². The summed E-state index contributed by atoms with van der Waals surface area (Å²) < 4.78 is 5.55. The molecule has 0 saturated carbocycles. The van der Waals surface area contributed by atoms with Gasteiger partial charge < -0.3 is 14.8 Å². The maximum Gasteiger partial charge on any atom is 0.267 e. The van der Waals surface area contributed by atoms with Crippen LogP contribution in [-0.2, 0) is 16.0 Å². The van der Waals surface area contributed by atoms with Crippen molar-refractivity contribution in [2.24, 2.45) is 0 Å². The fourth-order valence-electron chi connectivity index (χ4n) is 2.82. The number of benzene rings is 1. The molecule has 1 aliphatic heterocycles. The molecule has 8 heteroatoms. The molecule has 0 aliphatic carbocycles. The van der Waals surface area contributed by atoms with Crippen LogP contribution in [0.2, 0.25) is 0 Å². The summed E-state index contributed by atoms with van der Waals surface area (Å²) in [7, 11) is 0. The number of rotatable bonds is 7. The van der Waals surface area contributed by atoms with Gasteiger partial charge in [0.1, 0.15) is 16.1 Å². The number of nitrogens with one attached hydrogen (secondary N) is 1. The van der Waals surface area contributed by atoms with Gasteiger partial charge >= 0.3 is 0 Å². The molecular weight excluding hydrogens is 396 g/mol. The Kier molecular flexibility index (Phi) is 6.66. The van der Waals surface area contributed by atoms with Crippen LogP contribution in [0.5, 0.6) is 0 Å². The number of thioether (sulfide) groups is 1. The molecule has 1 aliphatic rings. The number of hydrogen-bond donors (Lipinski definition) is 2. The van der Waals surface area contributed by atoms with E-state index in [1.54, 1.807) is 25.1 Å². The van der Waals surface area contributed by atoms with Gasteiger partial charge in [-0.05, 0) is 31.0 Å². The third kappa shape index (κ3) is 4.70. The Hall–Kier alpha value is -2.42. The van der Waals surface area contributed by atoms with Crippen molar-refractivity contribution in [3.63, 3.8) is 0 Å². The lowest BCUT2D eigenvalue weighted by Gasteiger charge is -2.25. The molecule has 146 valence electrons. The number of aliphatic hydroxyl groups is 1. The normalized spacial score (nSPS) is 17.8. The van der Waals surface area contributed by atoms with E-state index >= 15 is 0 Å². The van der Waals surface area contributed by atoms with E-state index in [4.69, 9.17) is 16.6 Å². The molecule has 0 bridgehead atoms. The third-order valence-electron chi connectivity index (χ3n) is 4.30. The molecule has 3 rings (SSSR count). The highest BCUT2D eigenvalue weighted by molar-refractivity contribution is 8.26. The van der Waals surface area contributed by atoms with Crippen molar-refractivity contribution in [3.05, 3.63) is 65.0 Å². The van der Waals surface area contributed by atoms with E-state index in [2.05, 4.69) is 5.32 Å². The molecule has 2 atom stereocenters. The van der Waals surface area contributed by atoms with Crippen LogP contribution < -0.4 is 5.32 Å². The standard InChI is InChI=1S/C20H20N2O4S2/c1-13(18(24)21-15(12-23)10-14-6-3-2-4-7-14)22-19(25)17(28-20(22)27)11-16-8-5-9-26-16/h2-9,11,13,15,23H,10,12H2,1H3,(H,21,24)/b17-11-/t13-,15-/m0/s1. The summed E-state index contributed by atoms with van der Waals surface area (Å²) in [6.45, 7) is 1.41. The molecule has 1 aromatic carbocycles. The van der Waals surface area contributed by atoms with Crippen molar-refractivity contribution in [1.29, 1.82) is 0 Å². The fraction of sp³-hybridized carbons (Fsp3) is 0.250. The predicted octanol–water partition coefficient (Wildman–Crippen LogP) is 2.59. The summed E-state index contributed by atoms with van der Waals surface area (Å²) in [5.41, 5.74) is 1.00. The van der Waals surface area contributed by atoms with E-state index < -0.39 is 12.1 Å². The minimum atomic E-state index is -0.792. The molecule has 1 fully saturated rings. The maximum atomic E-state index is 12.7. The van der Waals surface area contributed by atoms with E-state index in [9.17, 15) is 14.7 Å². The Bertz CT molecular complexity index is 881. The van der Waals surface area contributed by atoms with Gasteiger partial charge in [-0.2, -0.15) is 0 Å². The molecular formula is C20H20N2O4S2. The zero-order chi connectivity index (χ0) is 20.1. The Morgan fingerprint density at radius 1 is 1.32 bits per heavy atom. The van der Waals surface area contributed by atoms with Gasteiger partial charge in [-0.1, -0.05) is 54.3 Å². The van der Waals surface area contributed by atoms with E-state index in [0.717, 1.165) is 17.3 Å². The molecule has 28 heavy (non-hydrogen) atoms. The molecule has 2 aromatic rings. The molecule has 2 heterocycles. The van der Waals surface area contributed by atoms with Gasteiger partial charge in [-0.25, -0.2) is 0 Å². The molecule has 2 amide bonds. The Morgan fingerprint density at radius 3 is 2.71 bits per heavy atom. The molecule has 2 N–H and O–H groups in total. The molecule has 0 spiro atoms. The summed E-state index contributed by atoms with van der Waals surface area (Å²) in [6.07, 6.45) is 3.62. The van der Waals surface area contributed by atoms with Gasteiger partial charge in [0.2, 0.25) is 5.91 Å². The summed E-state index contributed by atoms with van der Waals surface area (Å²) >= 11 is 6.43. The van der Waals surface area contributed by atoms with Crippen LogP contribution in [0.25, 0.3) is 6.08 Å². The predicted molar refractivity (Wildman–Crippen MR) is 112 cm³/mol. The molecule has 0 unspecified atom stereocenters. The second-order valence-corrected chi connectivity index (χ2v) is 8.00. The molecule has 0 radical (unpaired) electrons. The number of nitrogens with zero attached hydrogens (tertiary/aromatic N) is 1. The summed E-state index contributed by atoms with van der Waals surface area (Å²) in [6, 6.07) is 11.8. The van der Waals surface area contributed by atoms with Gasteiger partial charge in [-0.15, -0.1) is 0 Å². The first-order valence-electron chi connectivity index (χ1n) is 8.75. The van der Waals surface area contributed by atoms with Crippen LogP contribution in [0.1, 0.15) is 18.2 Å². The first-order chi connectivity index (χ1) is 13.5. The zero-order valence-electron chi connectivity index (χ0n) is 15.2. The second-order valence-electron chi connectivity index (χ2n) is 6.32. The Balaban J connectivity index is 1.66. The van der Waals surface area contributed by atoms with E-state index in [-0.39, 0.29) is 18.4 Å². The van der Waals surface area contributed by atoms with Crippen LogP contribution in [0, 0.1) is 0 Å². The second kappa shape index (κ2) is 9.18. The highest BCUT2D eigenvalue weighted by Gasteiger charge is 2.38. The number of furan rings is 1. The minimum absolute atomic E-state index is 0.204. The first-order valence-corrected chi connectivity index (χ1v) is 9.97. The minimum Gasteiger partial charge on any atom is -0.465 e. The lowest BCUT2D eigenvalue weighted by Crippen LogP contribution is -2.51. The van der Waals surface area contributed by atoms with Crippen molar-refractivity contribution in [2.45, 2.75) is 25.4 Å². The van der Waals surface area contributed by atoms with Crippen LogP contribution in [0.3, 0.4) is 0 Å². The third-order valence-corrected chi connectivity index (χ3v) is 5.63. The quantitative estimate of drug-likeness (QED) is 0.533. The monoisotopic (exact) mass is 416 g/mol. The summed E-state index contributed by atoms with van der Waals surface area (Å²) in [5, 5.41) is 12.4. The lowest BCUT2D eigenvalue weighted by molar-refractivity contribution is -0.132. The Labute approximate surface area is 172 Å². The lowest BCUT2D eigenvalue weighted by atomic mass is 10.1. The molecule has 6 nitrogen and oxygen atoms in total.